The van der Waals surface area contributed by atoms with Gasteiger partial charge in [0.15, 0.2) is 11.5 Å². The fraction of sp³-hybridized carbons (Fsp3) is 0.323. The normalized spacial score (nSPS) is 15.3. The summed E-state index contributed by atoms with van der Waals surface area (Å²) in [6, 6.07) is 20.1. The summed E-state index contributed by atoms with van der Waals surface area (Å²) in [6.07, 6.45) is 2.58. The van der Waals surface area contributed by atoms with Gasteiger partial charge < -0.3 is 24.2 Å². The number of likely N-dealkylation sites (N-methyl/N-ethyl adjacent to an activating group) is 1. The van der Waals surface area contributed by atoms with Gasteiger partial charge >= 0.3 is 0 Å². The van der Waals surface area contributed by atoms with E-state index in [-0.39, 0.29) is 12.3 Å². The monoisotopic (exact) mass is 526 g/mol. The van der Waals surface area contributed by atoms with E-state index in [0.29, 0.717) is 41.6 Å². The van der Waals surface area contributed by atoms with Crippen LogP contribution in [0.4, 0.5) is 5.69 Å². The molecule has 8 nitrogen and oxygen atoms in total. The number of anilines is 1. The van der Waals surface area contributed by atoms with Crippen molar-refractivity contribution >= 4 is 11.6 Å². The molecule has 1 aliphatic heterocycles. The quantitative estimate of drug-likeness (QED) is 0.300. The zero-order chi connectivity index (χ0) is 27.4. The van der Waals surface area contributed by atoms with E-state index in [1.54, 1.807) is 14.0 Å². The van der Waals surface area contributed by atoms with E-state index in [1.165, 1.54) is 6.42 Å². The van der Waals surface area contributed by atoms with E-state index in [2.05, 4.69) is 46.5 Å². The molecule has 1 fully saturated rings. The predicted molar refractivity (Wildman–Crippen MR) is 151 cm³/mol. The van der Waals surface area contributed by atoms with Crippen LogP contribution in [-0.2, 0) is 11.2 Å². The molecule has 4 aromatic rings. The Balaban J connectivity index is 1.21. The van der Waals surface area contributed by atoms with Gasteiger partial charge in [0.25, 0.3) is 0 Å². The third kappa shape index (κ3) is 6.29. The number of aromatic nitrogens is 2. The molecule has 0 radical (unpaired) electrons. The summed E-state index contributed by atoms with van der Waals surface area (Å²) >= 11 is 0. The molecule has 1 aromatic heterocycles. The maximum Gasteiger partial charge on any atom is 0.228 e. The molecule has 0 aliphatic carbocycles. The van der Waals surface area contributed by atoms with E-state index in [4.69, 9.17) is 14.0 Å². The number of aryl methyl sites for hydroxylation is 2. The summed E-state index contributed by atoms with van der Waals surface area (Å²) in [4.78, 5) is 19.5. The van der Waals surface area contributed by atoms with Crippen molar-refractivity contribution in [2.24, 2.45) is 0 Å². The molecule has 1 N–H and O–H groups in total. The van der Waals surface area contributed by atoms with Gasteiger partial charge in [0.1, 0.15) is 6.61 Å². The number of benzene rings is 3. The number of carbonyl (C=O) groups is 1. The molecule has 1 saturated heterocycles. The van der Waals surface area contributed by atoms with Crippen LogP contribution in [0.1, 0.15) is 29.9 Å². The summed E-state index contributed by atoms with van der Waals surface area (Å²) in [5.41, 5.74) is 5.83. The van der Waals surface area contributed by atoms with Gasteiger partial charge in [-0.2, -0.15) is 4.98 Å². The molecule has 1 amide bonds. The molecule has 0 unspecified atom stereocenters. The zero-order valence-electron chi connectivity index (χ0n) is 22.9. The van der Waals surface area contributed by atoms with Crippen LogP contribution >= 0.6 is 0 Å². The fourth-order valence-electron chi connectivity index (χ4n) is 4.98. The lowest BCUT2D eigenvalue weighted by Crippen LogP contribution is -2.30. The van der Waals surface area contributed by atoms with E-state index < -0.39 is 0 Å². The van der Waals surface area contributed by atoms with Gasteiger partial charge in [-0.15, -0.1) is 0 Å². The second-order valence-electron chi connectivity index (χ2n) is 10.0. The number of nitrogens with one attached hydrogen (secondary N) is 1. The number of carbonyl (C=O) groups excluding carboxylic acids is 1. The standard InChI is InChI=1S/C31H34N4O4/c1-20-16-24(31-32-21(2)39-34-31)11-13-27(20)23-9-7-22(8-10-23)17-30(36)33-25-12-14-28(37-4)29(18-25)38-19-26-6-5-15-35(26)3/h7-14,16,18,26H,5-6,15,17,19H2,1-4H3,(H,33,36)/t26-/m0/s1. The average molecular weight is 527 g/mol. The van der Waals surface area contributed by atoms with Crippen molar-refractivity contribution in [1.29, 1.82) is 0 Å². The number of ether oxygens (including phenoxy) is 2. The van der Waals surface area contributed by atoms with Crippen molar-refractivity contribution < 1.29 is 18.8 Å². The minimum Gasteiger partial charge on any atom is -0.493 e. The number of rotatable bonds is 9. The Kier molecular flexibility index (Phi) is 7.93. The number of nitrogens with zero attached hydrogens (tertiary/aromatic N) is 3. The maximum absolute atomic E-state index is 12.8. The predicted octanol–water partition coefficient (Wildman–Crippen LogP) is 5.68. The van der Waals surface area contributed by atoms with Crippen LogP contribution in [0.5, 0.6) is 11.5 Å². The van der Waals surface area contributed by atoms with Crippen LogP contribution in [-0.4, -0.2) is 54.3 Å². The van der Waals surface area contributed by atoms with E-state index in [9.17, 15) is 4.79 Å². The van der Waals surface area contributed by atoms with E-state index >= 15 is 0 Å². The Labute approximate surface area is 228 Å². The summed E-state index contributed by atoms with van der Waals surface area (Å²) in [5.74, 6) is 2.32. The van der Waals surface area contributed by atoms with Gasteiger partial charge in [0.2, 0.25) is 17.6 Å². The topological polar surface area (TPSA) is 89.7 Å². The molecule has 0 spiro atoms. The third-order valence-electron chi connectivity index (χ3n) is 7.19. The number of methoxy groups -OCH3 is 1. The van der Waals surface area contributed by atoms with Gasteiger partial charge in [0, 0.05) is 30.3 Å². The van der Waals surface area contributed by atoms with E-state index in [0.717, 1.165) is 40.8 Å². The van der Waals surface area contributed by atoms with Gasteiger partial charge in [-0.3, -0.25) is 4.79 Å². The van der Waals surface area contributed by atoms with Gasteiger partial charge in [0.05, 0.1) is 13.5 Å². The second kappa shape index (κ2) is 11.7. The molecule has 8 heteroatoms. The molecule has 202 valence electrons. The Morgan fingerprint density at radius 3 is 2.51 bits per heavy atom. The van der Waals surface area contributed by atoms with Gasteiger partial charge in [-0.25, -0.2) is 0 Å². The SMILES string of the molecule is COc1ccc(NC(=O)Cc2ccc(-c3ccc(-c4noc(C)n4)cc3C)cc2)cc1OC[C@@H]1CCCN1C. The number of hydrogen-bond acceptors (Lipinski definition) is 7. The van der Waals surface area contributed by atoms with Crippen molar-refractivity contribution in [1.82, 2.24) is 15.0 Å². The van der Waals surface area contributed by atoms with E-state index in [1.807, 2.05) is 48.5 Å². The molecular weight excluding hydrogens is 492 g/mol. The lowest BCUT2D eigenvalue weighted by Gasteiger charge is -2.20. The highest BCUT2D eigenvalue weighted by Crippen LogP contribution is 2.32. The second-order valence-corrected chi connectivity index (χ2v) is 10.0. The first-order valence-corrected chi connectivity index (χ1v) is 13.2. The Morgan fingerprint density at radius 2 is 1.85 bits per heavy atom. The number of hydrogen-bond donors (Lipinski definition) is 1. The summed E-state index contributed by atoms with van der Waals surface area (Å²) in [7, 11) is 3.74. The third-order valence-corrected chi connectivity index (χ3v) is 7.19. The molecule has 39 heavy (non-hydrogen) atoms. The molecule has 0 bridgehead atoms. The zero-order valence-corrected chi connectivity index (χ0v) is 22.9. The maximum atomic E-state index is 12.8. The first-order chi connectivity index (χ1) is 18.9. The Morgan fingerprint density at radius 1 is 1.05 bits per heavy atom. The Hall–Kier alpha value is -4.17. The molecular formula is C31H34N4O4. The van der Waals surface area contributed by atoms with Crippen LogP contribution in [0.3, 0.4) is 0 Å². The lowest BCUT2D eigenvalue weighted by atomic mass is 9.97. The largest absolute Gasteiger partial charge is 0.493 e. The smallest absolute Gasteiger partial charge is 0.228 e. The van der Waals surface area contributed by atoms with Crippen molar-refractivity contribution in [2.45, 2.75) is 39.2 Å². The molecule has 5 rings (SSSR count). The molecule has 0 saturated carbocycles. The minimum atomic E-state index is -0.0923. The van der Waals surface area contributed by atoms with Crippen molar-refractivity contribution in [3.8, 4) is 34.0 Å². The minimum absolute atomic E-state index is 0.0923. The van der Waals surface area contributed by atoms with Gasteiger partial charge in [-0.1, -0.05) is 41.6 Å². The van der Waals surface area contributed by atoms with Gasteiger partial charge in [-0.05, 0) is 73.8 Å². The molecule has 1 atom stereocenters. The highest BCUT2D eigenvalue weighted by molar-refractivity contribution is 5.92. The first-order valence-electron chi connectivity index (χ1n) is 13.2. The van der Waals surface area contributed by atoms with Crippen molar-refractivity contribution in [3.05, 3.63) is 77.7 Å². The molecule has 1 aliphatic rings. The highest BCUT2D eigenvalue weighted by atomic mass is 16.5. The summed E-state index contributed by atoms with van der Waals surface area (Å²) < 4.78 is 16.7. The molecule has 3 aromatic carbocycles. The molecule has 2 heterocycles. The van der Waals surface area contributed by atoms with Crippen LogP contribution in [0, 0.1) is 13.8 Å². The van der Waals surface area contributed by atoms with Crippen LogP contribution < -0.4 is 14.8 Å². The van der Waals surface area contributed by atoms with Crippen molar-refractivity contribution in [2.75, 3.05) is 32.6 Å². The lowest BCUT2D eigenvalue weighted by molar-refractivity contribution is -0.115. The van der Waals surface area contributed by atoms with Crippen molar-refractivity contribution in [3.63, 3.8) is 0 Å². The fourth-order valence-corrected chi connectivity index (χ4v) is 4.98. The highest BCUT2D eigenvalue weighted by Gasteiger charge is 2.22. The van der Waals surface area contributed by atoms with Crippen LogP contribution in [0.2, 0.25) is 0 Å². The van der Waals surface area contributed by atoms with Crippen LogP contribution in [0.15, 0.2) is 65.2 Å². The number of amides is 1. The number of likely N-dealkylation sites (tertiary alicyclic amines) is 1. The first kappa shape index (κ1) is 26.4. The Bertz CT molecular complexity index is 1450. The summed E-state index contributed by atoms with van der Waals surface area (Å²) in [6.45, 7) is 5.52. The van der Waals surface area contributed by atoms with Crippen LogP contribution in [0.25, 0.3) is 22.5 Å². The average Bonchev–Trinajstić information content (AvgIpc) is 3.55. The summed E-state index contributed by atoms with van der Waals surface area (Å²) in [5, 5.41) is 6.99.